The van der Waals surface area contributed by atoms with Crippen LogP contribution >= 0.6 is 0 Å². The zero-order valence-electron chi connectivity index (χ0n) is 8.33. The molecule has 1 aromatic rings. The number of imidazole rings is 1. The molecule has 0 spiro atoms. The lowest BCUT2D eigenvalue weighted by atomic mass is 10.2. The van der Waals surface area contributed by atoms with E-state index in [1.165, 1.54) is 12.8 Å². The molecule has 0 aliphatic heterocycles. The molecular formula is C10H17N3. The van der Waals surface area contributed by atoms with Gasteiger partial charge in [0.1, 0.15) is 5.82 Å². The summed E-state index contributed by atoms with van der Waals surface area (Å²) in [6.07, 6.45) is 4.41. The minimum Gasteiger partial charge on any atom is -0.384 e. The molecule has 0 amide bonds. The molecule has 0 atom stereocenters. The number of hydrogen-bond acceptors (Lipinski definition) is 2. The van der Waals surface area contributed by atoms with E-state index in [1.807, 2.05) is 6.33 Å². The van der Waals surface area contributed by atoms with Gasteiger partial charge in [0.25, 0.3) is 0 Å². The highest BCUT2D eigenvalue weighted by atomic mass is 15.1. The van der Waals surface area contributed by atoms with Crippen molar-refractivity contribution in [2.45, 2.75) is 39.2 Å². The van der Waals surface area contributed by atoms with Crippen LogP contribution in [0.2, 0.25) is 0 Å². The van der Waals surface area contributed by atoms with E-state index in [1.54, 1.807) is 0 Å². The van der Waals surface area contributed by atoms with Crippen LogP contribution in [0.1, 0.15) is 38.3 Å². The van der Waals surface area contributed by atoms with Crippen molar-refractivity contribution in [3.05, 3.63) is 12.0 Å². The standard InChI is InChI=1S/C10H17N3/c1-7(2)5-13-6-12-9(10(13)11)8-3-4-8/h6-8H,3-5,11H2,1-2H3. The minimum atomic E-state index is 0.628. The van der Waals surface area contributed by atoms with E-state index in [9.17, 15) is 0 Å². The molecule has 3 nitrogen and oxygen atoms in total. The minimum absolute atomic E-state index is 0.628. The van der Waals surface area contributed by atoms with E-state index < -0.39 is 0 Å². The molecule has 0 bridgehead atoms. The molecule has 72 valence electrons. The first kappa shape index (κ1) is 8.60. The summed E-state index contributed by atoms with van der Waals surface area (Å²) in [5.41, 5.74) is 7.12. The highest BCUT2D eigenvalue weighted by molar-refractivity contribution is 5.40. The maximum atomic E-state index is 5.99. The topological polar surface area (TPSA) is 43.8 Å². The zero-order valence-corrected chi connectivity index (χ0v) is 8.33. The molecule has 1 fully saturated rings. The Morgan fingerprint density at radius 2 is 2.31 bits per heavy atom. The molecule has 1 saturated carbocycles. The van der Waals surface area contributed by atoms with Crippen LogP contribution in [0.3, 0.4) is 0 Å². The van der Waals surface area contributed by atoms with E-state index in [0.717, 1.165) is 18.1 Å². The highest BCUT2D eigenvalue weighted by Crippen LogP contribution is 2.41. The molecule has 1 heterocycles. The second-order valence-electron chi connectivity index (χ2n) is 4.34. The fraction of sp³-hybridized carbons (Fsp3) is 0.700. The van der Waals surface area contributed by atoms with Crippen molar-refractivity contribution in [2.75, 3.05) is 5.73 Å². The number of nitrogen functional groups attached to an aromatic ring is 1. The third-order valence-corrected chi connectivity index (χ3v) is 2.43. The van der Waals surface area contributed by atoms with Crippen molar-refractivity contribution in [3.63, 3.8) is 0 Å². The van der Waals surface area contributed by atoms with E-state index >= 15 is 0 Å². The second-order valence-corrected chi connectivity index (χ2v) is 4.34. The molecule has 13 heavy (non-hydrogen) atoms. The Balaban J connectivity index is 2.17. The number of nitrogens with zero attached hydrogens (tertiary/aromatic N) is 2. The van der Waals surface area contributed by atoms with Crippen LogP contribution in [0, 0.1) is 5.92 Å². The van der Waals surface area contributed by atoms with Gasteiger partial charge in [-0.15, -0.1) is 0 Å². The number of anilines is 1. The molecular weight excluding hydrogens is 162 g/mol. The molecule has 0 saturated heterocycles. The quantitative estimate of drug-likeness (QED) is 0.771. The first-order valence-electron chi connectivity index (χ1n) is 4.99. The van der Waals surface area contributed by atoms with Gasteiger partial charge in [0.15, 0.2) is 0 Å². The van der Waals surface area contributed by atoms with Crippen LogP contribution in [0.15, 0.2) is 6.33 Å². The van der Waals surface area contributed by atoms with Gasteiger partial charge in [-0.25, -0.2) is 4.98 Å². The number of hydrogen-bond donors (Lipinski definition) is 1. The predicted octanol–water partition coefficient (Wildman–Crippen LogP) is 2.00. The Morgan fingerprint density at radius 1 is 1.62 bits per heavy atom. The van der Waals surface area contributed by atoms with E-state index in [0.29, 0.717) is 11.8 Å². The number of aromatic nitrogens is 2. The van der Waals surface area contributed by atoms with Gasteiger partial charge in [0.2, 0.25) is 0 Å². The first-order valence-corrected chi connectivity index (χ1v) is 4.99. The second kappa shape index (κ2) is 3.05. The fourth-order valence-electron chi connectivity index (χ4n) is 1.62. The summed E-state index contributed by atoms with van der Waals surface area (Å²) >= 11 is 0. The number of nitrogens with two attached hydrogens (primary N) is 1. The maximum Gasteiger partial charge on any atom is 0.126 e. The Hall–Kier alpha value is -0.990. The Morgan fingerprint density at radius 3 is 2.85 bits per heavy atom. The maximum absolute atomic E-state index is 5.99. The molecule has 1 aliphatic carbocycles. The third-order valence-electron chi connectivity index (χ3n) is 2.43. The summed E-state index contributed by atoms with van der Waals surface area (Å²) < 4.78 is 2.07. The average Bonchev–Trinajstić information content (AvgIpc) is 2.81. The van der Waals surface area contributed by atoms with Crippen molar-refractivity contribution in [1.82, 2.24) is 9.55 Å². The van der Waals surface area contributed by atoms with Crippen LogP contribution in [-0.4, -0.2) is 9.55 Å². The van der Waals surface area contributed by atoms with Gasteiger partial charge in [0, 0.05) is 12.5 Å². The highest BCUT2D eigenvalue weighted by Gasteiger charge is 2.28. The van der Waals surface area contributed by atoms with Crippen LogP contribution in [0.4, 0.5) is 5.82 Å². The van der Waals surface area contributed by atoms with E-state index in [-0.39, 0.29) is 0 Å². The molecule has 0 unspecified atom stereocenters. The summed E-state index contributed by atoms with van der Waals surface area (Å²) in [4.78, 5) is 4.37. The Kier molecular flexibility index (Phi) is 2.02. The summed E-state index contributed by atoms with van der Waals surface area (Å²) in [5.74, 6) is 2.17. The lowest BCUT2D eigenvalue weighted by molar-refractivity contribution is 0.527. The van der Waals surface area contributed by atoms with Crippen LogP contribution in [0.25, 0.3) is 0 Å². The van der Waals surface area contributed by atoms with Crippen molar-refractivity contribution < 1.29 is 0 Å². The van der Waals surface area contributed by atoms with Gasteiger partial charge in [-0.1, -0.05) is 13.8 Å². The normalized spacial score (nSPS) is 16.8. The van der Waals surface area contributed by atoms with E-state index in [4.69, 9.17) is 5.73 Å². The number of rotatable bonds is 3. The van der Waals surface area contributed by atoms with E-state index in [2.05, 4.69) is 23.4 Å². The van der Waals surface area contributed by atoms with Gasteiger partial charge in [-0.3, -0.25) is 0 Å². The summed E-state index contributed by atoms with van der Waals surface area (Å²) in [6, 6.07) is 0. The average molecular weight is 179 g/mol. The molecule has 1 aromatic heterocycles. The molecule has 2 N–H and O–H groups in total. The summed E-state index contributed by atoms with van der Waals surface area (Å²) in [5, 5.41) is 0. The van der Waals surface area contributed by atoms with Gasteiger partial charge < -0.3 is 10.3 Å². The first-order chi connectivity index (χ1) is 6.18. The summed E-state index contributed by atoms with van der Waals surface area (Å²) in [6.45, 7) is 5.36. The van der Waals surface area contributed by atoms with Gasteiger partial charge in [0.05, 0.1) is 12.0 Å². The van der Waals surface area contributed by atoms with Crippen LogP contribution < -0.4 is 5.73 Å². The Bertz CT molecular complexity index is 297. The largest absolute Gasteiger partial charge is 0.384 e. The van der Waals surface area contributed by atoms with Crippen LogP contribution in [-0.2, 0) is 6.54 Å². The SMILES string of the molecule is CC(C)Cn1cnc(C2CC2)c1N. The monoisotopic (exact) mass is 179 g/mol. The van der Waals surface area contributed by atoms with Crippen LogP contribution in [0.5, 0.6) is 0 Å². The van der Waals surface area contributed by atoms with Gasteiger partial charge in [-0.05, 0) is 18.8 Å². The zero-order chi connectivity index (χ0) is 9.42. The van der Waals surface area contributed by atoms with Crippen molar-refractivity contribution in [1.29, 1.82) is 0 Å². The smallest absolute Gasteiger partial charge is 0.126 e. The van der Waals surface area contributed by atoms with Crippen molar-refractivity contribution >= 4 is 5.82 Å². The molecule has 0 radical (unpaired) electrons. The Labute approximate surface area is 79.0 Å². The molecule has 2 rings (SSSR count). The molecule has 0 aromatic carbocycles. The van der Waals surface area contributed by atoms with Crippen molar-refractivity contribution in [3.8, 4) is 0 Å². The molecule has 3 heteroatoms. The fourth-order valence-corrected chi connectivity index (χ4v) is 1.62. The lowest BCUT2D eigenvalue weighted by Gasteiger charge is -2.07. The van der Waals surface area contributed by atoms with Gasteiger partial charge in [-0.2, -0.15) is 0 Å². The predicted molar refractivity (Wildman–Crippen MR) is 53.5 cm³/mol. The summed E-state index contributed by atoms with van der Waals surface area (Å²) in [7, 11) is 0. The third kappa shape index (κ3) is 1.69. The lowest BCUT2D eigenvalue weighted by Crippen LogP contribution is -2.07. The van der Waals surface area contributed by atoms with Crippen molar-refractivity contribution in [2.24, 2.45) is 5.92 Å². The van der Waals surface area contributed by atoms with Gasteiger partial charge >= 0.3 is 0 Å². The molecule has 1 aliphatic rings.